The molecule has 1 aliphatic heterocycles. The van der Waals surface area contributed by atoms with Gasteiger partial charge in [0.25, 0.3) is 0 Å². The van der Waals surface area contributed by atoms with Crippen LogP contribution in [-0.2, 0) is 25.1 Å². The van der Waals surface area contributed by atoms with Gasteiger partial charge in [-0.05, 0) is 34.6 Å². The highest BCUT2D eigenvalue weighted by molar-refractivity contribution is 5.85. The smallest absolute Gasteiger partial charge is 0.317 e. The molecule has 1 heterocycles. The molecule has 2 atom stereocenters. The first-order chi connectivity index (χ1) is 12.8. The Balaban J connectivity index is 2.21. The minimum absolute atomic E-state index is 0.0460. The van der Waals surface area contributed by atoms with E-state index in [0.29, 0.717) is 13.0 Å². The molecular weight excluding hydrogens is 336 g/mol. The number of carbonyl (C=O) groups is 1. The molecule has 0 saturated carbocycles. The van der Waals surface area contributed by atoms with E-state index in [2.05, 4.69) is 51.6 Å². The Labute approximate surface area is 162 Å². The van der Waals surface area contributed by atoms with Crippen molar-refractivity contribution < 1.29 is 14.3 Å². The third-order valence-corrected chi connectivity index (χ3v) is 5.41. The molecule has 0 N–H and O–H groups in total. The van der Waals surface area contributed by atoms with E-state index in [9.17, 15) is 4.79 Å². The van der Waals surface area contributed by atoms with Crippen LogP contribution in [-0.4, -0.2) is 19.7 Å². The normalized spacial score (nSPS) is 25.0. The molecule has 0 spiro atoms. The summed E-state index contributed by atoms with van der Waals surface area (Å²) >= 11 is 0. The molecule has 1 fully saturated rings. The van der Waals surface area contributed by atoms with E-state index in [4.69, 9.17) is 9.47 Å². The first-order valence-corrected chi connectivity index (χ1v) is 9.33. The van der Waals surface area contributed by atoms with Crippen molar-refractivity contribution in [1.82, 2.24) is 0 Å². The molecule has 1 aromatic rings. The van der Waals surface area contributed by atoms with E-state index in [1.54, 1.807) is 0 Å². The van der Waals surface area contributed by atoms with Gasteiger partial charge in [0.1, 0.15) is 17.8 Å². The predicted octanol–water partition coefficient (Wildman–Crippen LogP) is 5.00. The summed E-state index contributed by atoms with van der Waals surface area (Å²) in [4.78, 5) is 13.2. The van der Waals surface area contributed by atoms with Crippen molar-refractivity contribution in [3.8, 4) is 0 Å². The maximum Gasteiger partial charge on any atom is 0.317 e. The lowest BCUT2D eigenvalue weighted by atomic mass is 9.65. The number of allylic oxidation sites excluding steroid dienone is 5. The Morgan fingerprint density at radius 2 is 1.89 bits per heavy atom. The van der Waals surface area contributed by atoms with Crippen LogP contribution in [0.15, 0.2) is 72.6 Å². The molecule has 3 heteroatoms. The van der Waals surface area contributed by atoms with E-state index in [1.165, 1.54) is 12.7 Å². The molecule has 3 rings (SSSR count). The second-order valence-corrected chi connectivity index (χ2v) is 8.32. The van der Waals surface area contributed by atoms with Crippen molar-refractivity contribution in [3.05, 3.63) is 83.7 Å². The van der Waals surface area contributed by atoms with Gasteiger partial charge in [0.05, 0.1) is 13.0 Å². The largest absolute Gasteiger partial charge is 0.493 e. The zero-order valence-corrected chi connectivity index (χ0v) is 16.6. The predicted molar refractivity (Wildman–Crippen MR) is 108 cm³/mol. The van der Waals surface area contributed by atoms with Crippen LogP contribution in [0.1, 0.15) is 38.3 Å². The summed E-state index contributed by atoms with van der Waals surface area (Å²) in [6, 6.07) is 8.33. The van der Waals surface area contributed by atoms with E-state index in [-0.39, 0.29) is 17.3 Å². The Kier molecular flexibility index (Phi) is 5.14. The van der Waals surface area contributed by atoms with Crippen LogP contribution in [0.5, 0.6) is 0 Å². The molecule has 0 radical (unpaired) electrons. The Morgan fingerprint density at radius 1 is 1.19 bits per heavy atom. The minimum atomic E-state index is -0.896. The standard InChI is InChI=1S/C24H28O3/c1-17-15-24(22(25)26-5,19-13-11-18(12-14-19)23(2,3)4)20-9-7-6-8-10-21(20)27-16-17/h6-14,20H,1,15-16H2,2-5H3/t20-,24+/m1/s1. The highest BCUT2D eigenvalue weighted by atomic mass is 16.5. The molecule has 1 aliphatic carbocycles. The molecule has 3 nitrogen and oxygen atoms in total. The first-order valence-electron chi connectivity index (χ1n) is 9.33. The Morgan fingerprint density at radius 3 is 2.52 bits per heavy atom. The summed E-state index contributed by atoms with van der Waals surface area (Å²) in [5, 5.41) is 0. The van der Waals surface area contributed by atoms with Crippen molar-refractivity contribution in [3.63, 3.8) is 0 Å². The quantitative estimate of drug-likeness (QED) is 0.547. The fourth-order valence-corrected chi connectivity index (χ4v) is 3.92. The number of methoxy groups -OCH3 is 1. The second kappa shape index (κ2) is 7.22. The summed E-state index contributed by atoms with van der Waals surface area (Å²) in [6.45, 7) is 11.1. The molecular formula is C24H28O3. The van der Waals surface area contributed by atoms with E-state index >= 15 is 0 Å². The number of fused-ring (bicyclic) bond motifs is 1. The van der Waals surface area contributed by atoms with E-state index in [1.807, 2.05) is 30.4 Å². The van der Waals surface area contributed by atoms with Crippen molar-refractivity contribution in [2.24, 2.45) is 5.92 Å². The monoisotopic (exact) mass is 364 g/mol. The molecule has 1 saturated heterocycles. The van der Waals surface area contributed by atoms with Gasteiger partial charge in [0.2, 0.25) is 0 Å². The molecule has 2 aliphatic rings. The number of benzene rings is 1. The van der Waals surface area contributed by atoms with Gasteiger partial charge in [-0.25, -0.2) is 0 Å². The third kappa shape index (κ3) is 3.51. The van der Waals surface area contributed by atoms with Gasteiger partial charge in [-0.2, -0.15) is 0 Å². The number of carbonyl (C=O) groups excluding carboxylic acids is 1. The zero-order valence-electron chi connectivity index (χ0n) is 16.6. The van der Waals surface area contributed by atoms with Gasteiger partial charge in [0.15, 0.2) is 0 Å². The second-order valence-electron chi connectivity index (χ2n) is 8.32. The number of esters is 1. The Bertz CT molecular complexity index is 818. The van der Waals surface area contributed by atoms with Crippen molar-refractivity contribution in [1.29, 1.82) is 0 Å². The zero-order chi connectivity index (χ0) is 19.7. The van der Waals surface area contributed by atoms with Crippen LogP contribution in [0, 0.1) is 5.92 Å². The molecule has 0 bridgehead atoms. The van der Waals surface area contributed by atoms with Crippen LogP contribution in [0.2, 0.25) is 0 Å². The number of hydrogen-bond acceptors (Lipinski definition) is 3. The lowest BCUT2D eigenvalue weighted by Gasteiger charge is -2.36. The molecule has 0 aromatic heterocycles. The summed E-state index contributed by atoms with van der Waals surface area (Å²) in [7, 11) is 1.45. The number of rotatable bonds is 2. The van der Waals surface area contributed by atoms with Crippen LogP contribution in [0.4, 0.5) is 0 Å². The maximum absolute atomic E-state index is 13.2. The SMILES string of the molecule is C=C1COC2=CC=CC=C[C@H]2[C@@](C(=O)OC)(c2ccc(C(C)(C)C)cc2)C1. The van der Waals surface area contributed by atoms with E-state index in [0.717, 1.165) is 16.9 Å². The summed E-state index contributed by atoms with van der Waals surface area (Å²) < 4.78 is 11.3. The van der Waals surface area contributed by atoms with Gasteiger partial charge >= 0.3 is 5.97 Å². The molecule has 1 aromatic carbocycles. The Hall–Kier alpha value is -2.55. The van der Waals surface area contributed by atoms with Crippen LogP contribution in [0.3, 0.4) is 0 Å². The fourth-order valence-electron chi connectivity index (χ4n) is 3.92. The van der Waals surface area contributed by atoms with Gasteiger partial charge in [-0.1, -0.05) is 75.9 Å². The van der Waals surface area contributed by atoms with Gasteiger partial charge in [-0.15, -0.1) is 0 Å². The van der Waals surface area contributed by atoms with Gasteiger partial charge in [0, 0.05) is 0 Å². The van der Waals surface area contributed by atoms with Crippen molar-refractivity contribution in [2.45, 2.75) is 38.0 Å². The maximum atomic E-state index is 13.2. The summed E-state index contributed by atoms with van der Waals surface area (Å²) in [5.41, 5.74) is 2.18. The molecule has 142 valence electrons. The summed E-state index contributed by atoms with van der Waals surface area (Å²) in [6.07, 6.45) is 10.3. The van der Waals surface area contributed by atoms with Crippen molar-refractivity contribution in [2.75, 3.05) is 13.7 Å². The average molecular weight is 364 g/mol. The summed E-state index contributed by atoms with van der Waals surface area (Å²) in [5.74, 6) is 0.253. The number of hydrogen-bond donors (Lipinski definition) is 0. The lowest BCUT2D eigenvalue weighted by molar-refractivity contribution is -0.149. The molecule has 0 unspecified atom stereocenters. The third-order valence-electron chi connectivity index (χ3n) is 5.41. The molecule has 0 amide bonds. The minimum Gasteiger partial charge on any atom is -0.493 e. The van der Waals surface area contributed by atoms with Crippen LogP contribution in [0.25, 0.3) is 0 Å². The van der Waals surface area contributed by atoms with Gasteiger partial charge < -0.3 is 9.47 Å². The fraction of sp³-hybridized carbons (Fsp3) is 0.375. The van der Waals surface area contributed by atoms with Crippen LogP contribution < -0.4 is 0 Å². The van der Waals surface area contributed by atoms with Crippen LogP contribution >= 0.6 is 0 Å². The highest BCUT2D eigenvalue weighted by Crippen LogP contribution is 2.47. The van der Waals surface area contributed by atoms with E-state index < -0.39 is 5.41 Å². The molecule has 27 heavy (non-hydrogen) atoms. The topological polar surface area (TPSA) is 35.5 Å². The van der Waals surface area contributed by atoms with Crippen molar-refractivity contribution >= 4 is 5.97 Å². The van der Waals surface area contributed by atoms with Gasteiger partial charge in [-0.3, -0.25) is 4.79 Å². The first kappa shape index (κ1) is 19.2. The average Bonchev–Trinajstić information content (AvgIpc) is 2.95. The highest BCUT2D eigenvalue weighted by Gasteiger charge is 2.51. The number of ether oxygens (including phenoxy) is 2. The lowest BCUT2D eigenvalue weighted by Crippen LogP contribution is -2.44.